The third kappa shape index (κ3) is 6.46. The van der Waals surface area contributed by atoms with Crippen molar-refractivity contribution in [1.29, 1.82) is 0 Å². The van der Waals surface area contributed by atoms with Gasteiger partial charge in [0, 0.05) is 24.7 Å². The molecule has 3 aliphatic heterocycles. The van der Waals surface area contributed by atoms with Gasteiger partial charge in [0.2, 0.25) is 0 Å². The summed E-state index contributed by atoms with van der Waals surface area (Å²) in [6, 6.07) is -0.505. The van der Waals surface area contributed by atoms with E-state index in [9.17, 15) is 14.7 Å². The molecule has 0 saturated carbocycles. The summed E-state index contributed by atoms with van der Waals surface area (Å²) in [7, 11) is 0. The molecule has 2 N–H and O–H groups in total. The third-order valence-corrected chi connectivity index (χ3v) is 6.50. The van der Waals surface area contributed by atoms with Crippen LogP contribution in [-0.4, -0.2) is 46.1 Å². The first-order valence-electron chi connectivity index (χ1n) is 10.4. The second kappa shape index (κ2) is 9.96. The molecule has 0 radical (unpaired) electrons. The number of carbonyl (C=O) groups is 2. The number of hydrogen-bond acceptors (Lipinski definition) is 6. The lowest BCUT2D eigenvalue weighted by Gasteiger charge is -2.43. The highest BCUT2D eigenvalue weighted by molar-refractivity contribution is 8.14. The SMILES string of the molecule is CC1=CC(=O)O[C@@H]2CC(CC[C@H](C)C=CC=CCC1)O[C@@](O)([C@@H]1CSC(=O)N1)C2. The molecular weight excluding hydrogens is 390 g/mol. The Morgan fingerprint density at radius 3 is 2.83 bits per heavy atom. The predicted octanol–water partition coefficient (Wildman–Crippen LogP) is 3.86. The summed E-state index contributed by atoms with van der Waals surface area (Å²) in [5.41, 5.74) is 0.961. The highest BCUT2D eigenvalue weighted by Gasteiger charge is 2.49. The van der Waals surface area contributed by atoms with E-state index in [0.717, 1.165) is 43.0 Å². The van der Waals surface area contributed by atoms with Crippen molar-refractivity contribution < 1.29 is 24.2 Å². The van der Waals surface area contributed by atoms with E-state index in [0.29, 0.717) is 18.1 Å². The molecule has 29 heavy (non-hydrogen) atoms. The molecule has 2 saturated heterocycles. The summed E-state index contributed by atoms with van der Waals surface area (Å²) >= 11 is 1.14. The number of allylic oxidation sites excluding steroid dienone is 5. The molecule has 3 aliphatic rings. The van der Waals surface area contributed by atoms with Gasteiger partial charge in [-0.3, -0.25) is 4.79 Å². The zero-order valence-electron chi connectivity index (χ0n) is 17.1. The van der Waals surface area contributed by atoms with Crippen LogP contribution in [0.4, 0.5) is 4.79 Å². The van der Waals surface area contributed by atoms with Crippen molar-refractivity contribution >= 4 is 23.0 Å². The van der Waals surface area contributed by atoms with E-state index in [1.165, 1.54) is 6.08 Å². The average Bonchev–Trinajstić information content (AvgIpc) is 3.09. The Kier molecular flexibility index (Phi) is 7.60. The van der Waals surface area contributed by atoms with Gasteiger partial charge >= 0.3 is 5.97 Å². The van der Waals surface area contributed by atoms with E-state index in [1.807, 2.05) is 13.0 Å². The lowest BCUT2D eigenvalue weighted by Crippen LogP contribution is -2.58. The second-order valence-electron chi connectivity index (χ2n) is 8.28. The van der Waals surface area contributed by atoms with E-state index in [2.05, 4.69) is 30.5 Å². The number of aliphatic hydroxyl groups is 1. The number of thioether (sulfide) groups is 1. The van der Waals surface area contributed by atoms with Crippen molar-refractivity contribution in [3.63, 3.8) is 0 Å². The number of amides is 1. The largest absolute Gasteiger partial charge is 0.459 e. The van der Waals surface area contributed by atoms with E-state index in [-0.39, 0.29) is 23.7 Å². The monoisotopic (exact) mass is 421 g/mol. The number of hydrogen-bond donors (Lipinski definition) is 2. The van der Waals surface area contributed by atoms with Crippen molar-refractivity contribution in [3.8, 4) is 0 Å². The Balaban J connectivity index is 1.78. The predicted molar refractivity (Wildman–Crippen MR) is 113 cm³/mol. The minimum Gasteiger partial charge on any atom is -0.459 e. The summed E-state index contributed by atoms with van der Waals surface area (Å²) in [4.78, 5) is 24.0. The highest BCUT2D eigenvalue weighted by atomic mass is 32.2. The molecule has 0 aromatic carbocycles. The van der Waals surface area contributed by atoms with Crippen LogP contribution in [0.1, 0.15) is 52.4 Å². The molecule has 1 amide bonds. The number of fused-ring (bicyclic) bond motifs is 2. The molecule has 1 unspecified atom stereocenters. The topological polar surface area (TPSA) is 84.9 Å². The van der Waals surface area contributed by atoms with Crippen LogP contribution in [0, 0.1) is 5.92 Å². The molecule has 0 aromatic rings. The molecular formula is C22H31NO5S. The summed E-state index contributed by atoms with van der Waals surface area (Å²) in [5.74, 6) is -1.10. The fraction of sp³-hybridized carbons (Fsp3) is 0.636. The van der Waals surface area contributed by atoms with Gasteiger partial charge in [0.1, 0.15) is 6.10 Å². The van der Waals surface area contributed by atoms with Gasteiger partial charge in [0.05, 0.1) is 12.1 Å². The van der Waals surface area contributed by atoms with Gasteiger partial charge in [-0.1, -0.05) is 48.6 Å². The first-order valence-corrected chi connectivity index (χ1v) is 11.4. The van der Waals surface area contributed by atoms with E-state index in [4.69, 9.17) is 9.47 Å². The van der Waals surface area contributed by atoms with E-state index >= 15 is 0 Å². The normalized spacial score (nSPS) is 37.0. The molecule has 7 heteroatoms. The van der Waals surface area contributed by atoms with Gasteiger partial charge in [-0.05, 0) is 38.5 Å². The van der Waals surface area contributed by atoms with Gasteiger partial charge in [0.25, 0.3) is 5.24 Å². The van der Waals surface area contributed by atoms with Crippen molar-refractivity contribution in [1.82, 2.24) is 5.32 Å². The number of nitrogens with one attached hydrogen (secondary N) is 1. The van der Waals surface area contributed by atoms with Crippen LogP contribution in [0.3, 0.4) is 0 Å². The Bertz CT molecular complexity index is 703. The van der Waals surface area contributed by atoms with Gasteiger partial charge < -0.3 is 19.9 Å². The quantitative estimate of drug-likeness (QED) is 0.626. The zero-order chi connectivity index (χ0) is 20.9. The Morgan fingerprint density at radius 1 is 1.24 bits per heavy atom. The first kappa shape index (κ1) is 22.1. The van der Waals surface area contributed by atoms with E-state index < -0.39 is 17.9 Å². The molecule has 0 aliphatic carbocycles. The second-order valence-corrected chi connectivity index (χ2v) is 9.27. The number of esters is 1. The zero-order valence-corrected chi connectivity index (χ0v) is 18.0. The third-order valence-electron chi connectivity index (χ3n) is 5.62. The highest BCUT2D eigenvalue weighted by Crippen LogP contribution is 2.36. The molecule has 160 valence electrons. The van der Waals surface area contributed by atoms with Crippen molar-refractivity contribution in [2.45, 2.75) is 76.4 Å². The van der Waals surface area contributed by atoms with Crippen LogP contribution in [0.5, 0.6) is 0 Å². The molecule has 2 bridgehead atoms. The standard InChI is InChI=1S/C22H31NO5S/c1-15-7-5-3-4-6-8-16(2)11-20(24)27-18-12-17(10-9-15)28-22(26,13-18)19-14-29-21(25)23-19/h3-5,7,11,15,17-19,26H,6,8-10,12-14H2,1-2H3,(H,23,25)/t15-,17?,18-,19+,22-/m1/s1. The molecule has 0 aromatic heterocycles. The smallest absolute Gasteiger partial charge is 0.330 e. The summed E-state index contributed by atoms with van der Waals surface area (Å²) in [6.45, 7) is 4.07. The van der Waals surface area contributed by atoms with Gasteiger partial charge in [0.15, 0.2) is 5.79 Å². The van der Waals surface area contributed by atoms with Gasteiger partial charge in [-0.15, -0.1) is 0 Å². The van der Waals surface area contributed by atoms with Crippen LogP contribution in [0.15, 0.2) is 36.0 Å². The van der Waals surface area contributed by atoms with Crippen LogP contribution < -0.4 is 5.32 Å². The molecule has 6 nitrogen and oxygen atoms in total. The van der Waals surface area contributed by atoms with Gasteiger partial charge in [-0.25, -0.2) is 4.79 Å². The summed E-state index contributed by atoms with van der Waals surface area (Å²) < 4.78 is 11.8. The number of ether oxygens (including phenoxy) is 2. The van der Waals surface area contributed by atoms with E-state index in [1.54, 1.807) is 0 Å². The number of rotatable bonds is 1. The lowest BCUT2D eigenvalue weighted by molar-refractivity contribution is -0.283. The van der Waals surface area contributed by atoms with Crippen LogP contribution in [0.2, 0.25) is 0 Å². The maximum Gasteiger partial charge on any atom is 0.330 e. The average molecular weight is 422 g/mol. The van der Waals surface area contributed by atoms with Crippen molar-refractivity contribution in [2.24, 2.45) is 5.92 Å². The molecule has 0 spiro atoms. The number of carbonyl (C=O) groups excluding carboxylic acids is 2. The molecule has 3 rings (SSSR count). The van der Waals surface area contributed by atoms with Crippen molar-refractivity contribution in [2.75, 3.05) is 5.75 Å². The van der Waals surface area contributed by atoms with Crippen LogP contribution in [0.25, 0.3) is 0 Å². The lowest BCUT2D eigenvalue weighted by atomic mass is 9.90. The van der Waals surface area contributed by atoms with Crippen LogP contribution >= 0.6 is 11.8 Å². The summed E-state index contributed by atoms with van der Waals surface area (Å²) in [5, 5.41) is 13.8. The molecule has 3 heterocycles. The fourth-order valence-corrected chi connectivity index (χ4v) is 4.85. The van der Waals surface area contributed by atoms with Gasteiger partial charge in [-0.2, -0.15) is 0 Å². The first-order chi connectivity index (χ1) is 13.8. The maximum absolute atomic E-state index is 12.4. The summed E-state index contributed by atoms with van der Waals surface area (Å²) in [6.07, 6.45) is 13.2. The van der Waals surface area contributed by atoms with Crippen LogP contribution in [-0.2, 0) is 14.3 Å². The molecule has 2 fully saturated rings. The minimum atomic E-state index is -1.53. The maximum atomic E-state index is 12.4. The Hall–Kier alpha value is -1.57. The van der Waals surface area contributed by atoms with Crippen molar-refractivity contribution in [3.05, 3.63) is 36.0 Å². The minimum absolute atomic E-state index is 0.159. The Labute approximate surface area is 176 Å². The Morgan fingerprint density at radius 2 is 2.07 bits per heavy atom. The fourth-order valence-electron chi connectivity index (χ4n) is 3.96. The molecule has 5 atom stereocenters.